The first kappa shape index (κ1) is 13.9. The predicted octanol–water partition coefficient (Wildman–Crippen LogP) is 3.62. The lowest BCUT2D eigenvalue weighted by atomic mass is 9.88. The van der Waals surface area contributed by atoms with E-state index in [-0.39, 0.29) is 17.5 Å². The molecule has 0 fully saturated rings. The van der Waals surface area contributed by atoms with Crippen LogP contribution in [-0.2, 0) is 9.59 Å². The van der Waals surface area contributed by atoms with E-state index >= 15 is 0 Å². The van der Waals surface area contributed by atoms with E-state index in [1.165, 1.54) is 0 Å². The maximum absolute atomic E-state index is 12.1. The van der Waals surface area contributed by atoms with E-state index in [0.29, 0.717) is 12.8 Å². The molecular formula is C15H22O2. The number of hydrogen-bond donors (Lipinski definition) is 0. The third-order valence-corrected chi connectivity index (χ3v) is 3.37. The minimum absolute atomic E-state index is 0.0549. The number of allylic oxidation sites excluding steroid dienone is 4. The van der Waals surface area contributed by atoms with Gasteiger partial charge in [-0.3, -0.25) is 9.59 Å². The van der Waals surface area contributed by atoms with Gasteiger partial charge in [0.25, 0.3) is 0 Å². The topological polar surface area (TPSA) is 34.1 Å². The molecule has 0 spiro atoms. The molecule has 2 nitrogen and oxygen atoms in total. The summed E-state index contributed by atoms with van der Waals surface area (Å²) in [5, 5.41) is 0. The Hall–Kier alpha value is -1.18. The van der Waals surface area contributed by atoms with E-state index in [2.05, 4.69) is 6.08 Å². The summed E-state index contributed by atoms with van der Waals surface area (Å²) in [5.41, 5.74) is 2.82. The van der Waals surface area contributed by atoms with E-state index in [1.807, 2.05) is 27.7 Å². The Labute approximate surface area is 104 Å². The molecule has 1 aliphatic carbocycles. The summed E-state index contributed by atoms with van der Waals surface area (Å²) in [6.07, 6.45) is 4.66. The Morgan fingerprint density at radius 2 is 1.88 bits per heavy atom. The monoisotopic (exact) mass is 234 g/mol. The molecule has 0 N–H and O–H groups in total. The molecule has 2 heteroatoms. The van der Waals surface area contributed by atoms with E-state index in [4.69, 9.17) is 0 Å². The third-order valence-electron chi connectivity index (χ3n) is 3.37. The lowest BCUT2D eigenvalue weighted by Gasteiger charge is -2.15. The number of carbonyl (C=O) groups excluding carboxylic acids is 2. The van der Waals surface area contributed by atoms with Crippen molar-refractivity contribution in [2.75, 3.05) is 0 Å². The van der Waals surface area contributed by atoms with Gasteiger partial charge in [-0.05, 0) is 33.6 Å². The Morgan fingerprint density at radius 1 is 1.24 bits per heavy atom. The third kappa shape index (κ3) is 3.95. The lowest BCUT2D eigenvalue weighted by Crippen LogP contribution is -2.17. The van der Waals surface area contributed by atoms with Gasteiger partial charge >= 0.3 is 0 Å². The number of Topliss-reactive ketones (excluding diaryl/α,β-unsaturated/α-hetero) is 2. The van der Waals surface area contributed by atoms with Gasteiger partial charge in [0.05, 0.1) is 0 Å². The van der Waals surface area contributed by atoms with Crippen molar-refractivity contribution in [1.29, 1.82) is 0 Å². The highest BCUT2D eigenvalue weighted by Crippen LogP contribution is 2.22. The first-order valence-corrected chi connectivity index (χ1v) is 6.29. The molecule has 0 aromatic carbocycles. The maximum Gasteiger partial charge on any atom is 0.163 e. The molecule has 0 aromatic heterocycles. The van der Waals surface area contributed by atoms with Crippen LogP contribution in [0.25, 0.3) is 0 Å². The standard InChI is InChI=1S/C15H22O2/c1-10(2)13-9-14(16)12(4)7-5-6-11(3)8-15(13)17/h6,12H,5,7-9H2,1-4H3. The van der Waals surface area contributed by atoms with Crippen LogP contribution in [0.1, 0.15) is 53.4 Å². The minimum atomic E-state index is 0.0549. The minimum Gasteiger partial charge on any atom is -0.299 e. The Kier molecular flexibility index (Phi) is 4.86. The number of rotatable bonds is 0. The quantitative estimate of drug-likeness (QED) is 0.474. The van der Waals surface area contributed by atoms with Gasteiger partial charge in [0.1, 0.15) is 5.78 Å². The van der Waals surface area contributed by atoms with Crippen LogP contribution in [-0.4, -0.2) is 11.6 Å². The van der Waals surface area contributed by atoms with Crippen molar-refractivity contribution in [3.8, 4) is 0 Å². The fourth-order valence-electron chi connectivity index (χ4n) is 2.08. The van der Waals surface area contributed by atoms with Gasteiger partial charge in [0, 0.05) is 24.3 Å². The summed E-state index contributed by atoms with van der Waals surface area (Å²) in [6.45, 7) is 7.78. The van der Waals surface area contributed by atoms with Gasteiger partial charge in [-0.2, -0.15) is 0 Å². The van der Waals surface area contributed by atoms with Gasteiger partial charge in [-0.15, -0.1) is 0 Å². The van der Waals surface area contributed by atoms with Gasteiger partial charge in [0.15, 0.2) is 5.78 Å². The van der Waals surface area contributed by atoms with E-state index < -0.39 is 0 Å². The average molecular weight is 234 g/mol. The smallest absolute Gasteiger partial charge is 0.163 e. The van der Waals surface area contributed by atoms with Crippen LogP contribution < -0.4 is 0 Å². The number of ketones is 2. The van der Waals surface area contributed by atoms with Gasteiger partial charge in [-0.25, -0.2) is 0 Å². The molecule has 94 valence electrons. The van der Waals surface area contributed by atoms with E-state index in [1.54, 1.807) is 0 Å². The average Bonchev–Trinajstić information content (AvgIpc) is 2.23. The molecule has 17 heavy (non-hydrogen) atoms. The fourth-order valence-corrected chi connectivity index (χ4v) is 2.08. The zero-order valence-electron chi connectivity index (χ0n) is 11.3. The van der Waals surface area contributed by atoms with Crippen molar-refractivity contribution < 1.29 is 9.59 Å². The summed E-state index contributed by atoms with van der Waals surface area (Å²) in [7, 11) is 0. The highest BCUT2D eigenvalue weighted by Gasteiger charge is 2.20. The molecule has 1 rings (SSSR count). The molecule has 0 heterocycles. The summed E-state index contributed by atoms with van der Waals surface area (Å²) >= 11 is 0. The largest absolute Gasteiger partial charge is 0.299 e. The molecule has 0 aromatic rings. The molecule has 0 bridgehead atoms. The molecule has 1 unspecified atom stereocenters. The molecule has 0 saturated carbocycles. The van der Waals surface area contributed by atoms with Gasteiger partial charge < -0.3 is 0 Å². The Balaban J connectivity index is 3.03. The Bertz CT molecular complexity index is 382. The van der Waals surface area contributed by atoms with Crippen LogP contribution >= 0.6 is 0 Å². The first-order valence-electron chi connectivity index (χ1n) is 6.29. The molecule has 1 atom stereocenters. The van der Waals surface area contributed by atoms with Gasteiger partial charge in [-0.1, -0.05) is 24.1 Å². The van der Waals surface area contributed by atoms with Crippen molar-refractivity contribution >= 4 is 11.6 Å². The van der Waals surface area contributed by atoms with Crippen LogP contribution in [0.4, 0.5) is 0 Å². The van der Waals surface area contributed by atoms with E-state index in [0.717, 1.165) is 29.6 Å². The predicted molar refractivity (Wildman–Crippen MR) is 69.8 cm³/mol. The molecular weight excluding hydrogens is 212 g/mol. The lowest BCUT2D eigenvalue weighted by molar-refractivity contribution is -0.123. The van der Waals surface area contributed by atoms with Crippen molar-refractivity contribution in [3.63, 3.8) is 0 Å². The number of hydrogen-bond acceptors (Lipinski definition) is 2. The normalized spacial score (nSPS) is 23.4. The first-order chi connectivity index (χ1) is 7.91. The molecule has 0 aliphatic heterocycles. The fraction of sp³-hybridized carbons (Fsp3) is 0.600. The zero-order valence-corrected chi connectivity index (χ0v) is 11.3. The highest BCUT2D eigenvalue weighted by molar-refractivity contribution is 6.02. The highest BCUT2D eigenvalue weighted by atomic mass is 16.1. The van der Waals surface area contributed by atoms with Crippen LogP contribution in [0, 0.1) is 5.92 Å². The summed E-state index contributed by atoms with van der Waals surface area (Å²) in [4.78, 5) is 24.1. The molecule has 0 radical (unpaired) electrons. The summed E-state index contributed by atoms with van der Waals surface area (Å²) < 4.78 is 0. The van der Waals surface area contributed by atoms with Crippen molar-refractivity contribution in [2.45, 2.75) is 53.4 Å². The van der Waals surface area contributed by atoms with Crippen LogP contribution in [0.5, 0.6) is 0 Å². The molecule has 0 saturated heterocycles. The van der Waals surface area contributed by atoms with Crippen LogP contribution in [0.3, 0.4) is 0 Å². The second kappa shape index (κ2) is 5.95. The van der Waals surface area contributed by atoms with Crippen LogP contribution in [0.2, 0.25) is 0 Å². The summed E-state index contributed by atoms with van der Waals surface area (Å²) in [6, 6.07) is 0. The second-order valence-corrected chi connectivity index (χ2v) is 5.25. The SMILES string of the molecule is CC1=CCCC(C)C(=O)CC(=C(C)C)C(=O)C1. The van der Waals surface area contributed by atoms with Crippen molar-refractivity contribution in [3.05, 3.63) is 22.8 Å². The van der Waals surface area contributed by atoms with E-state index in [9.17, 15) is 9.59 Å². The number of carbonyl (C=O) groups is 2. The van der Waals surface area contributed by atoms with Gasteiger partial charge in [0.2, 0.25) is 0 Å². The zero-order chi connectivity index (χ0) is 13.0. The molecule has 0 amide bonds. The molecule has 1 aliphatic rings. The maximum atomic E-state index is 12.1. The summed E-state index contributed by atoms with van der Waals surface area (Å²) in [5.74, 6) is 0.364. The van der Waals surface area contributed by atoms with Crippen molar-refractivity contribution in [2.24, 2.45) is 5.92 Å². The Morgan fingerprint density at radius 3 is 2.47 bits per heavy atom. The second-order valence-electron chi connectivity index (χ2n) is 5.25. The van der Waals surface area contributed by atoms with Crippen molar-refractivity contribution in [1.82, 2.24) is 0 Å². The van der Waals surface area contributed by atoms with Crippen LogP contribution in [0.15, 0.2) is 22.8 Å².